The van der Waals surface area contributed by atoms with Crippen molar-refractivity contribution in [1.82, 2.24) is 4.90 Å². The fourth-order valence-electron chi connectivity index (χ4n) is 3.04. The first-order valence-corrected chi connectivity index (χ1v) is 8.34. The van der Waals surface area contributed by atoms with Crippen LogP contribution in [0.4, 0.5) is 5.69 Å². The molecule has 1 aliphatic heterocycles. The summed E-state index contributed by atoms with van der Waals surface area (Å²) in [6, 6.07) is 14.3. The van der Waals surface area contributed by atoms with E-state index in [4.69, 9.17) is 4.74 Å². The van der Waals surface area contributed by atoms with Crippen LogP contribution in [0.5, 0.6) is 5.75 Å². The standard InChI is InChI=1S/C20H22N2O3/c1-14-7-9-16(10-8-14)20(24)21-11-12-22(19(23)15(21)2)17-5-4-6-18(13-17)25-3/h4-10,13,15H,11-12H2,1-3H3/t15-/m1/s1. The molecule has 0 aliphatic carbocycles. The van der Waals surface area contributed by atoms with E-state index in [9.17, 15) is 9.59 Å². The van der Waals surface area contributed by atoms with E-state index in [0.29, 0.717) is 24.4 Å². The number of anilines is 1. The molecular formula is C20H22N2O3. The van der Waals surface area contributed by atoms with Gasteiger partial charge < -0.3 is 14.5 Å². The number of carbonyl (C=O) groups excluding carboxylic acids is 2. The number of nitrogens with zero attached hydrogens (tertiary/aromatic N) is 2. The minimum atomic E-state index is -0.506. The van der Waals surface area contributed by atoms with Gasteiger partial charge in [0, 0.05) is 30.4 Å². The monoisotopic (exact) mass is 338 g/mol. The number of carbonyl (C=O) groups is 2. The second-order valence-electron chi connectivity index (χ2n) is 6.23. The van der Waals surface area contributed by atoms with Crippen LogP contribution in [-0.2, 0) is 4.79 Å². The van der Waals surface area contributed by atoms with Gasteiger partial charge in [0.25, 0.3) is 5.91 Å². The van der Waals surface area contributed by atoms with Crippen molar-refractivity contribution in [2.45, 2.75) is 19.9 Å². The molecule has 1 heterocycles. The Kier molecular flexibility index (Phi) is 4.74. The molecule has 5 nitrogen and oxygen atoms in total. The first-order chi connectivity index (χ1) is 12.0. The molecule has 130 valence electrons. The molecule has 1 fully saturated rings. The van der Waals surface area contributed by atoms with Crippen LogP contribution < -0.4 is 9.64 Å². The molecule has 25 heavy (non-hydrogen) atoms. The highest BCUT2D eigenvalue weighted by Crippen LogP contribution is 2.25. The number of piperazine rings is 1. The zero-order valence-electron chi connectivity index (χ0n) is 14.7. The Bertz CT molecular complexity index is 786. The molecule has 1 saturated heterocycles. The van der Waals surface area contributed by atoms with Gasteiger partial charge in [-0.15, -0.1) is 0 Å². The number of methoxy groups -OCH3 is 1. The third kappa shape index (κ3) is 3.36. The molecule has 5 heteroatoms. The molecule has 3 rings (SSSR count). The quantitative estimate of drug-likeness (QED) is 0.865. The zero-order chi connectivity index (χ0) is 18.0. The number of benzene rings is 2. The maximum absolute atomic E-state index is 12.8. The van der Waals surface area contributed by atoms with Crippen molar-refractivity contribution in [3.63, 3.8) is 0 Å². The van der Waals surface area contributed by atoms with Crippen molar-refractivity contribution in [3.8, 4) is 5.75 Å². The molecule has 2 aromatic carbocycles. The SMILES string of the molecule is COc1cccc(N2CCN(C(=O)c3ccc(C)cc3)[C@H](C)C2=O)c1. The summed E-state index contributed by atoms with van der Waals surface area (Å²) in [6.07, 6.45) is 0. The lowest BCUT2D eigenvalue weighted by Crippen LogP contribution is -2.57. The minimum Gasteiger partial charge on any atom is -0.497 e. The van der Waals surface area contributed by atoms with Gasteiger partial charge in [-0.1, -0.05) is 23.8 Å². The van der Waals surface area contributed by atoms with Crippen LogP contribution in [0, 0.1) is 6.92 Å². The highest BCUT2D eigenvalue weighted by atomic mass is 16.5. The van der Waals surface area contributed by atoms with Gasteiger partial charge in [0.1, 0.15) is 11.8 Å². The van der Waals surface area contributed by atoms with E-state index >= 15 is 0 Å². The summed E-state index contributed by atoms with van der Waals surface area (Å²) < 4.78 is 5.23. The Balaban J connectivity index is 1.79. The Labute approximate surface area is 147 Å². The molecule has 0 spiro atoms. The lowest BCUT2D eigenvalue weighted by atomic mass is 10.1. The summed E-state index contributed by atoms with van der Waals surface area (Å²) in [6.45, 7) is 4.72. The summed E-state index contributed by atoms with van der Waals surface area (Å²) in [5, 5.41) is 0. The van der Waals surface area contributed by atoms with Crippen LogP contribution in [0.1, 0.15) is 22.8 Å². The highest BCUT2D eigenvalue weighted by Gasteiger charge is 2.35. The average Bonchev–Trinajstić information content (AvgIpc) is 2.64. The number of hydrogen-bond donors (Lipinski definition) is 0. The lowest BCUT2D eigenvalue weighted by Gasteiger charge is -2.39. The maximum atomic E-state index is 12.8. The molecule has 0 unspecified atom stereocenters. The van der Waals surface area contributed by atoms with E-state index in [-0.39, 0.29) is 11.8 Å². The molecule has 1 aliphatic rings. The van der Waals surface area contributed by atoms with Gasteiger partial charge in [0.2, 0.25) is 5.91 Å². The Morgan fingerprint density at radius 1 is 1.12 bits per heavy atom. The van der Waals surface area contributed by atoms with Crippen molar-refractivity contribution < 1.29 is 14.3 Å². The molecule has 2 aromatic rings. The van der Waals surface area contributed by atoms with Crippen LogP contribution in [0.15, 0.2) is 48.5 Å². The number of rotatable bonds is 3. The van der Waals surface area contributed by atoms with Gasteiger partial charge in [0.05, 0.1) is 7.11 Å². The van der Waals surface area contributed by atoms with Gasteiger partial charge in [-0.3, -0.25) is 9.59 Å². The number of aryl methyl sites for hydroxylation is 1. The Morgan fingerprint density at radius 3 is 2.52 bits per heavy atom. The largest absolute Gasteiger partial charge is 0.497 e. The van der Waals surface area contributed by atoms with E-state index in [2.05, 4.69) is 0 Å². The Morgan fingerprint density at radius 2 is 1.84 bits per heavy atom. The summed E-state index contributed by atoms with van der Waals surface area (Å²) in [5.74, 6) is 0.516. The molecule has 0 bridgehead atoms. The van der Waals surface area contributed by atoms with Crippen LogP contribution in [0.3, 0.4) is 0 Å². The van der Waals surface area contributed by atoms with Crippen LogP contribution in [-0.4, -0.2) is 43.0 Å². The zero-order valence-corrected chi connectivity index (χ0v) is 14.7. The van der Waals surface area contributed by atoms with Crippen molar-refractivity contribution in [2.75, 3.05) is 25.1 Å². The molecular weight excluding hydrogens is 316 g/mol. The first-order valence-electron chi connectivity index (χ1n) is 8.34. The molecule has 1 atom stereocenters. The third-order valence-electron chi connectivity index (χ3n) is 4.58. The van der Waals surface area contributed by atoms with Crippen molar-refractivity contribution >= 4 is 17.5 Å². The van der Waals surface area contributed by atoms with Gasteiger partial charge in [-0.2, -0.15) is 0 Å². The predicted octanol–water partition coefficient (Wildman–Crippen LogP) is 2.88. The van der Waals surface area contributed by atoms with Crippen LogP contribution in [0.2, 0.25) is 0 Å². The lowest BCUT2D eigenvalue weighted by molar-refractivity contribution is -0.124. The van der Waals surface area contributed by atoms with Crippen molar-refractivity contribution in [3.05, 3.63) is 59.7 Å². The van der Waals surface area contributed by atoms with Gasteiger partial charge in [0.15, 0.2) is 0 Å². The predicted molar refractivity (Wildman–Crippen MR) is 97.0 cm³/mol. The smallest absolute Gasteiger partial charge is 0.254 e. The summed E-state index contributed by atoms with van der Waals surface area (Å²) in [5.41, 5.74) is 2.50. The minimum absolute atomic E-state index is 0.0834. The highest BCUT2D eigenvalue weighted by molar-refractivity contribution is 6.03. The first kappa shape index (κ1) is 17.0. The molecule has 0 saturated carbocycles. The maximum Gasteiger partial charge on any atom is 0.254 e. The molecule has 0 N–H and O–H groups in total. The average molecular weight is 338 g/mol. The summed E-state index contributed by atoms with van der Waals surface area (Å²) in [4.78, 5) is 28.9. The molecule has 2 amide bonds. The van der Waals surface area contributed by atoms with E-state index in [1.54, 1.807) is 23.8 Å². The second-order valence-corrected chi connectivity index (χ2v) is 6.23. The second kappa shape index (κ2) is 6.97. The van der Waals surface area contributed by atoms with E-state index in [1.807, 2.05) is 55.5 Å². The molecule has 0 aromatic heterocycles. The summed E-state index contributed by atoms with van der Waals surface area (Å²) >= 11 is 0. The summed E-state index contributed by atoms with van der Waals surface area (Å²) in [7, 11) is 1.60. The van der Waals surface area contributed by atoms with E-state index in [1.165, 1.54) is 0 Å². The van der Waals surface area contributed by atoms with Crippen molar-refractivity contribution in [2.24, 2.45) is 0 Å². The van der Waals surface area contributed by atoms with Gasteiger partial charge in [-0.25, -0.2) is 0 Å². The van der Waals surface area contributed by atoms with Crippen LogP contribution in [0.25, 0.3) is 0 Å². The number of ether oxygens (including phenoxy) is 1. The van der Waals surface area contributed by atoms with E-state index in [0.717, 1.165) is 11.3 Å². The van der Waals surface area contributed by atoms with Crippen LogP contribution >= 0.6 is 0 Å². The number of hydrogen-bond acceptors (Lipinski definition) is 3. The van der Waals surface area contributed by atoms with Gasteiger partial charge in [-0.05, 0) is 38.1 Å². The normalized spacial score (nSPS) is 17.6. The fourth-order valence-corrected chi connectivity index (χ4v) is 3.04. The van der Waals surface area contributed by atoms with E-state index < -0.39 is 6.04 Å². The third-order valence-corrected chi connectivity index (χ3v) is 4.58. The Hall–Kier alpha value is -2.82. The number of amides is 2. The van der Waals surface area contributed by atoms with Gasteiger partial charge >= 0.3 is 0 Å². The fraction of sp³-hybridized carbons (Fsp3) is 0.300. The molecule has 0 radical (unpaired) electrons. The van der Waals surface area contributed by atoms with Crippen molar-refractivity contribution in [1.29, 1.82) is 0 Å². The topological polar surface area (TPSA) is 49.9 Å².